The van der Waals surface area contributed by atoms with Crippen molar-refractivity contribution >= 4 is 0 Å². The summed E-state index contributed by atoms with van der Waals surface area (Å²) in [5, 5.41) is 8.08. The summed E-state index contributed by atoms with van der Waals surface area (Å²) in [5.74, 6) is 0.287. The largest absolute Gasteiger partial charge is 0.401 e. The van der Waals surface area contributed by atoms with Crippen LogP contribution in [0.4, 0.5) is 0 Å². The van der Waals surface area contributed by atoms with Crippen molar-refractivity contribution in [2.45, 2.75) is 13.8 Å². The Morgan fingerprint density at radius 3 is 2.38 bits per heavy atom. The van der Waals surface area contributed by atoms with Gasteiger partial charge in [0.2, 0.25) is 0 Å². The van der Waals surface area contributed by atoms with Crippen molar-refractivity contribution in [1.29, 1.82) is 5.26 Å². The number of nitrogens with two attached hydrogens (primary N) is 1. The van der Waals surface area contributed by atoms with Gasteiger partial charge in [0.05, 0.1) is 6.07 Å². The summed E-state index contributed by atoms with van der Waals surface area (Å²) >= 11 is 0. The van der Waals surface area contributed by atoms with Gasteiger partial charge < -0.3 is 5.73 Å². The van der Waals surface area contributed by atoms with Gasteiger partial charge in [0.15, 0.2) is 0 Å². The van der Waals surface area contributed by atoms with Crippen molar-refractivity contribution in [1.82, 2.24) is 0 Å². The molecule has 0 bridgehead atoms. The first-order chi connectivity index (χ1) is 3.68. The second-order valence-corrected chi connectivity index (χ2v) is 1.93. The normalized spacial score (nSPS) is 11.5. The first-order valence-corrected chi connectivity index (χ1v) is 2.53. The number of hydrogen-bond acceptors (Lipinski definition) is 2. The average molecular weight is 110 g/mol. The molecule has 0 heterocycles. The SMILES string of the molecule is CC(C)/C(N)=C/C#N. The highest BCUT2D eigenvalue weighted by molar-refractivity contribution is 5.11. The molecule has 44 valence electrons. The molecule has 0 unspecified atom stereocenters. The molecule has 0 aliphatic rings. The van der Waals surface area contributed by atoms with Crippen molar-refractivity contribution in [2.75, 3.05) is 0 Å². The summed E-state index contributed by atoms with van der Waals surface area (Å²) in [4.78, 5) is 0. The van der Waals surface area contributed by atoms with E-state index in [2.05, 4.69) is 0 Å². The van der Waals surface area contributed by atoms with E-state index in [0.717, 1.165) is 0 Å². The van der Waals surface area contributed by atoms with E-state index < -0.39 is 0 Å². The van der Waals surface area contributed by atoms with E-state index in [4.69, 9.17) is 11.0 Å². The molecule has 0 amide bonds. The molecule has 0 radical (unpaired) electrons. The smallest absolute Gasteiger partial charge is 0.0930 e. The molecular weight excluding hydrogens is 100 g/mol. The quantitative estimate of drug-likeness (QED) is 0.512. The Morgan fingerprint density at radius 1 is 1.75 bits per heavy atom. The molecule has 0 aromatic carbocycles. The van der Waals surface area contributed by atoms with Gasteiger partial charge in [-0.25, -0.2) is 0 Å². The molecule has 2 nitrogen and oxygen atoms in total. The summed E-state index contributed by atoms with van der Waals surface area (Å²) < 4.78 is 0. The minimum atomic E-state index is 0.287. The zero-order valence-corrected chi connectivity index (χ0v) is 5.18. The Morgan fingerprint density at radius 2 is 2.25 bits per heavy atom. The molecule has 0 saturated carbocycles. The highest BCUT2D eigenvalue weighted by Crippen LogP contribution is 1.99. The Hall–Kier alpha value is -0.970. The third kappa shape index (κ3) is 2.25. The molecule has 0 saturated heterocycles. The molecule has 0 rings (SSSR count). The van der Waals surface area contributed by atoms with Crippen LogP contribution in [0.3, 0.4) is 0 Å². The zero-order valence-electron chi connectivity index (χ0n) is 5.18. The predicted molar refractivity (Wildman–Crippen MR) is 32.7 cm³/mol. The molecule has 0 aliphatic carbocycles. The highest BCUT2D eigenvalue weighted by Gasteiger charge is 1.93. The fourth-order valence-electron chi connectivity index (χ4n) is 0.241. The molecule has 0 aromatic heterocycles. The Kier molecular flexibility index (Phi) is 2.71. The lowest BCUT2D eigenvalue weighted by atomic mass is 10.1. The van der Waals surface area contributed by atoms with Crippen LogP contribution in [0.2, 0.25) is 0 Å². The van der Waals surface area contributed by atoms with E-state index in [1.807, 2.05) is 19.9 Å². The maximum Gasteiger partial charge on any atom is 0.0930 e. The third-order valence-corrected chi connectivity index (χ3v) is 0.898. The van der Waals surface area contributed by atoms with E-state index in [1.165, 1.54) is 6.08 Å². The van der Waals surface area contributed by atoms with Gasteiger partial charge in [-0.1, -0.05) is 13.8 Å². The molecule has 2 heteroatoms. The Balaban J connectivity index is 3.85. The summed E-state index contributed by atoms with van der Waals surface area (Å²) in [7, 11) is 0. The average Bonchev–Trinajstić information content (AvgIpc) is 1.67. The van der Waals surface area contributed by atoms with Crippen molar-refractivity contribution in [2.24, 2.45) is 11.7 Å². The van der Waals surface area contributed by atoms with Crippen molar-refractivity contribution < 1.29 is 0 Å². The fraction of sp³-hybridized carbons (Fsp3) is 0.500. The van der Waals surface area contributed by atoms with Gasteiger partial charge in [-0.05, 0) is 5.92 Å². The van der Waals surface area contributed by atoms with Crippen LogP contribution in [-0.2, 0) is 0 Å². The molecule has 0 fully saturated rings. The summed E-state index contributed by atoms with van der Waals surface area (Å²) in [6.07, 6.45) is 1.37. The van der Waals surface area contributed by atoms with Crippen LogP contribution in [0.25, 0.3) is 0 Å². The lowest BCUT2D eigenvalue weighted by Crippen LogP contribution is -2.03. The van der Waals surface area contributed by atoms with Crippen molar-refractivity contribution in [3.63, 3.8) is 0 Å². The number of allylic oxidation sites excluding steroid dienone is 2. The maximum absolute atomic E-state index is 8.08. The molecule has 8 heavy (non-hydrogen) atoms. The highest BCUT2D eigenvalue weighted by atomic mass is 14.6. The van der Waals surface area contributed by atoms with E-state index in [0.29, 0.717) is 5.70 Å². The van der Waals surface area contributed by atoms with Gasteiger partial charge in [0, 0.05) is 11.8 Å². The molecule has 0 aromatic rings. The van der Waals surface area contributed by atoms with Gasteiger partial charge >= 0.3 is 0 Å². The third-order valence-electron chi connectivity index (χ3n) is 0.898. The second-order valence-electron chi connectivity index (χ2n) is 1.93. The van der Waals surface area contributed by atoms with Crippen LogP contribution in [0.5, 0.6) is 0 Å². The minimum absolute atomic E-state index is 0.287. The van der Waals surface area contributed by atoms with E-state index in [1.54, 1.807) is 0 Å². The minimum Gasteiger partial charge on any atom is -0.401 e. The Labute approximate surface area is 49.6 Å². The van der Waals surface area contributed by atoms with E-state index in [9.17, 15) is 0 Å². The number of hydrogen-bond donors (Lipinski definition) is 1. The van der Waals surface area contributed by atoms with Gasteiger partial charge in [0.25, 0.3) is 0 Å². The van der Waals surface area contributed by atoms with Crippen molar-refractivity contribution in [3.8, 4) is 6.07 Å². The summed E-state index contributed by atoms with van der Waals surface area (Å²) in [6, 6.07) is 1.86. The number of nitriles is 1. The van der Waals surface area contributed by atoms with Gasteiger partial charge in [-0.3, -0.25) is 0 Å². The van der Waals surface area contributed by atoms with Crippen LogP contribution >= 0.6 is 0 Å². The maximum atomic E-state index is 8.08. The standard InChI is InChI=1S/C6H10N2/c1-5(2)6(8)3-4-7/h3,5H,8H2,1-2H3/b6-3-. The van der Waals surface area contributed by atoms with Crippen LogP contribution in [0.1, 0.15) is 13.8 Å². The fourth-order valence-corrected chi connectivity index (χ4v) is 0.241. The predicted octanol–water partition coefficient (Wildman–Crippen LogP) is 1.01. The molecule has 0 aliphatic heterocycles. The lowest BCUT2D eigenvalue weighted by molar-refractivity contribution is 0.758. The first kappa shape index (κ1) is 7.03. The molecule has 0 spiro atoms. The monoisotopic (exact) mass is 110 g/mol. The van der Waals surface area contributed by atoms with Crippen molar-refractivity contribution in [3.05, 3.63) is 11.8 Å². The van der Waals surface area contributed by atoms with Gasteiger partial charge in [-0.15, -0.1) is 0 Å². The molecule has 2 N–H and O–H groups in total. The van der Waals surface area contributed by atoms with Crippen LogP contribution in [0, 0.1) is 17.2 Å². The Bertz CT molecular complexity index is 128. The van der Waals surface area contributed by atoms with Crippen LogP contribution in [-0.4, -0.2) is 0 Å². The van der Waals surface area contributed by atoms with Gasteiger partial charge in [-0.2, -0.15) is 5.26 Å². The molecular formula is C6H10N2. The topological polar surface area (TPSA) is 49.8 Å². The first-order valence-electron chi connectivity index (χ1n) is 2.53. The van der Waals surface area contributed by atoms with E-state index in [-0.39, 0.29) is 5.92 Å². The summed E-state index contributed by atoms with van der Waals surface area (Å²) in [6.45, 7) is 3.90. The van der Waals surface area contributed by atoms with Crippen LogP contribution in [0.15, 0.2) is 11.8 Å². The second kappa shape index (κ2) is 3.09. The number of nitrogens with zero attached hydrogens (tertiary/aromatic N) is 1. The zero-order chi connectivity index (χ0) is 6.57. The van der Waals surface area contributed by atoms with Crippen LogP contribution < -0.4 is 5.73 Å². The number of rotatable bonds is 1. The van der Waals surface area contributed by atoms with E-state index >= 15 is 0 Å². The lowest BCUT2D eigenvalue weighted by Gasteiger charge is -1.99. The van der Waals surface area contributed by atoms with Gasteiger partial charge in [0.1, 0.15) is 0 Å². The summed E-state index contributed by atoms with van der Waals surface area (Å²) in [5.41, 5.74) is 6.01. The molecule has 0 atom stereocenters.